The zero-order chi connectivity index (χ0) is 30.3. The summed E-state index contributed by atoms with van der Waals surface area (Å²) in [6.45, 7) is 9.18. The van der Waals surface area contributed by atoms with Crippen LogP contribution in [0.5, 0.6) is 11.6 Å². The second-order valence-electron chi connectivity index (χ2n) is 13.6. The maximum atomic E-state index is 15.2. The van der Waals surface area contributed by atoms with Gasteiger partial charge in [-0.2, -0.15) is 0 Å². The lowest BCUT2D eigenvalue weighted by Crippen LogP contribution is -2.39. The van der Waals surface area contributed by atoms with Crippen LogP contribution in [0.3, 0.4) is 0 Å². The molecule has 0 radical (unpaired) electrons. The number of ether oxygens (including phenoxy) is 2. The van der Waals surface area contributed by atoms with Gasteiger partial charge in [0.15, 0.2) is 0 Å². The minimum Gasteiger partial charge on any atom is -0.485 e. The summed E-state index contributed by atoms with van der Waals surface area (Å²) in [4.78, 5) is 18.4. The van der Waals surface area contributed by atoms with E-state index in [9.17, 15) is 9.90 Å². The molecule has 6 rings (SSSR count). The van der Waals surface area contributed by atoms with Crippen molar-refractivity contribution >= 4 is 5.97 Å². The molecule has 2 fully saturated rings. The molecule has 0 spiro atoms. The molecular formula is C36H43FN2O4. The molecule has 228 valence electrons. The number of nitrogens with zero attached hydrogens (tertiary/aromatic N) is 2. The lowest BCUT2D eigenvalue weighted by molar-refractivity contribution is -0.142. The number of likely N-dealkylation sites (tertiary alicyclic amines) is 1. The van der Waals surface area contributed by atoms with E-state index in [0.29, 0.717) is 17.4 Å². The Balaban J connectivity index is 1.32. The number of piperidine rings is 1. The van der Waals surface area contributed by atoms with Crippen LogP contribution in [-0.4, -0.2) is 41.2 Å². The van der Waals surface area contributed by atoms with Crippen LogP contribution in [0, 0.1) is 23.1 Å². The van der Waals surface area contributed by atoms with Crippen LogP contribution in [-0.2, 0) is 17.8 Å². The van der Waals surface area contributed by atoms with E-state index in [-0.39, 0.29) is 23.3 Å². The van der Waals surface area contributed by atoms with E-state index in [1.807, 2.05) is 13.0 Å². The first-order chi connectivity index (χ1) is 20.6. The Morgan fingerprint density at radius 1 is 1.16 bits per heavy atom. The molecular weight excluding hydrogens is 543 g/mol. The molecule has 43 heavy (non-hydrogen) atoms. The average molecular weight is 587 g/mol. The molecule has 1 N–H and O–H groups in total. The highest BCUT2D eigenvalue weighted by Crippen LogP contribution is 2.48. The van der Waals surface area contributed by atoms with Gasteiger partial charge in [0, 0.05) is 24.7 Å². The van der Waals surface area contributed by atoms with Gasteiger partial charge in [-0.3, -0.25) is 9.69 Å². The van der Waals surface area contributed by atoms with Gasteiger partial charge in [0.25, 0.3) is 0 Å². The summed E-state index contributed by atoms with van der Waals surface area (Å²) in [5, 5.41) is 9.77. The van der Waals surface area contributed by atoms with Crippen molar-refractivity contribution in [1.82, 2.24) is 9.88 Å². The van der Waals surface area contributed by atoms with Gasteiger partial charge in [0.1, 0.15) is 17.7 Å². The molecule has 2 aliphatic heterocycles. The molecule has 2 aromatic carbocycles. The number of hydrogen-bond donors (Lipinski definition) is 1. The molecule has 3 atom stereocenters. The number of carbonyl (C=O) groups is 1. The van der Waals surface area contributed by atoms with E-state index in [1.165, 1.54) is 12.6 Å². The largest absolute Gasteiger partial charge is 0.485 e. The Hall–Kier alpha value is -3.45. The maximum absolute atomic E-state index is 15.2. The van der Waals surface area contributed by atoms with Crippen molar-refractivity contribution in [2.24, 2.45) is 17.3 Å². The molecule has 7 heteroatoms. The first kappa shape index (κ1) is 29.6. The van der Waals surface area contributed by atoms with Crippen LogP contribution < -0.4 is 9.47 Å². The Labute approximate surface area is 254 Å². The highest BCUT2D eigenvalue weighted by molar-refractivity contribution is 5.71. The lowest BCUT2D eigenvalue weighted by atomic mass is 9.82. The van der Waals surface area contributed by atoms with E-state index < -0.39 is 11.9 Å². The van der Waals surface area contributed by atoms with Crippen LogP contribution in [0.15, 0.2) is 48.7 Å². The molecule has 3 aliphatic rings. The summed E-state index contributed by atoms with van der Waals surface area (Å²) >= 11 is 0. The van der Waals surface area contributed by atoms with E-state index in [1.54, 1.807) is 13.2 Å². The van der Waals surface area contributed by atoms with Crippen molar-refractivity contribution in [1.29, 1.82) is 0 Å². The highest BCUT2D eigenvalue weighted by Gasteiger charge is 2.39. The van der Waals surface area contributed by atoms with E-state index in [0.717, 1.165) is 85.3 Å². The van der Waals surface area contributed by atoms with E-state index in [4.69, 9.17) is 9.47 Å². The fraction of sp³-hybridized carbons (Fsp3) is 0.500. The second-order valence-corrected chi connectivity index (χ2v) is 13.6. The van der Waals surface area contributed by atoms with Crippen molar-refractivity contribution in [2.45, 2.75) is 77.9 Å². The number of pyridine rings is 1. The molecule has 3 aromatic rings. The standard InChI is InChI=1S/C36H43FN2O4/c1-22(35(40)41)34(24-7-8-24)26-9-6-23-11-13-31(43-32(23)17-26)25-10-12-28(29-18-33(42-4)38-19-30(29)37)27(16-25)20-39-15-5-14-36(2,3)21-39/h6,9-10,12,16-19,22,24,31,34H,5,7-8,11,13-15,20-21H2,1-4H3,(H,40,41)/t22-,31?,34-/m0/s1. The van der Waals surface area contributed by atoms with Gasteiger partial charge in [-0.15, -0.1) is 0 Å². The fourth-order valence-corrected chi connectivity index (χ4v) is 7.27. The van der Waals surface area contributed by atoms with Crippen molar-refractivity contribution in [2.75, 3.05) is 20.2 Å². The van der Waals surface area contributed by atoms with E-state index in [2.05, 4.69) is 54.1 Å². The number of hydrogen-bond acceptors (Lipinski definition) is 5. The van der Waals surface area contributed by atoms with Gasteiger partial charge in [-0.25, -0.2) is 9.37 Å². The summed E-state index contributed by atoms with van der Waals surface area (Å²) in [6, 6.07) is 14.3. The number of halogens is 1. The van der Waals surface area contributed by atoms with Gasteiger partial charge in [-0.1, -0.05) is 51.1 Å². The highest BCUT2D eigenvalue weighted by atomic mass is 19.1. The summed E-state index contributed by atoms with van der Waals surface area (Å²) in [5.74, 6) is 0.100. The molecule has 3 heterocycles. The molecule has 1 aromatic heterocycles. The van der Waals surface area contributed by atoms with Crippen LogP contribution in [0.25, 0.3) is 11.1 Å². The van der Waals surface area contributed by atoms with Gasteiger partial charge in [-0.05, 0) is 96.2 Å². The predicted octanol–water partition coefficient (Wildman–Crippen LogP) is 7.80. The van der Waals surface area contributed by atoms with Crippen LogP contribution in [0.2, 0.25) is 0 Å². The molecule has 1 unspecified atom stereocenters. The molecule has 0 amide bonds. The quantitative estimate of drug-likeness (QED) is 0.276. The Morgan fingerprint density at radius 3 is 2.70 bits per heavy atom. The smallest absolute Gasteiger partial charge is 0.306 e. The molecule has 0 bridgehead atoms. The maximum Gasteiger partial charge on any atom is 0.306 e. The second kappa shape index (κ2) is 11.9. The van der Waals surface area contributed by atoms with Crippen molar-refractivity contribution < 1.29 is 23.8 Å². The number of benzene rings is 2. The minimum atomic E-state index is -0.749. The van der Waals surface area contributed by atoms with E-state index >= 15 is 4.39 Å². The van der Waals surface area contributed by atoms with Gasteiger partial charge >= 0.3 is 5.97 Å². The number of fused-ring (bicyclic) bond motifs is 1. The van der Waals surface area contributed by atoms with Crippen LogP contribution in [0.4, 0.5) is 4.39 Å². The van der Waals surface area contributed by atoms with Gasteiger partial charge in [0.05, 0.1) is 19.2 Å². The summed E-state index contributed by atoms with van der Waals surface area (Å²) in [7, 11) is 1.54. The number of carboxylic acids is 1. The molecule has 6 nitrogen and oxygen atoms in total. The van der Waals surface area contributed by atoms with Crippen molar-refractivity contribution in [3.8, 4) is 22.8 Å². The third-order valence-electron chi connectivity index (χ3n) is 9.68. The zero-order valence-electron chi connectivity index (χ0n) is 25.7. The first-order valence-corrected chi connectivity index (χ1v) is 15.7. The third-order valence-corrected chi connectivity index (χ3v) is 9.68. The number of rotatable bonds is 9. The Kier molecular flexibility index (Phi) is 8.20. The van der Waals surface area contributed by atoms with Crippen LogP contribution >= 0.6 is 0 Å². The average Bonchev–Trinajstić information content (AvgIpc) is 3.82. The Bertz CT molecular complexity index is 1500. The summed E-state index contributed by atoms with van der Waals surface area (Å²) in [5.41, 5.74) is 5.94. The number of carboxylic acid groups (broad SMARTS) is 1. The van der Waals surface area contributed by atoms with Gasteiger partial charge in [0.2, 0.25) is 5.88 Å². The topological polar surface area (TPSA) is 71.9 Å². The minimum absolute atomic E-state index is 0.00120. The first-order valence-electron chi connectivity index (χ1n) is 15.7. The summed E-state index contributed by atoms with van der Waals surface area (Å²) < 4.78 is 27.2. The normalized spacial score (nSPS) is 21.4. The molecule has 1 aliphatic carbocycles. The predicted molar refractivity (Wildman–Crippen MR) is 165 cm³/mol. The number of aryl methyl sites for hydroxylation is 1. The monoisotopic (exact) mass is 586 g/mol. The fourth-order valence-electron chi connectivity index (χ4n) is 7.27. The van der Waals surface area contributed by atoms with Crippen molar-refractivity contribution in [3.63, 3.8) is 0 Å². The van der Waals surface area contributed by atoms with Gasteiger partial charge < -0.3 is 14.6 Å². The SMILES string of the molecule is COc1cc(-c2ccc(C3CCc4ccc([C@H](C5CC5)[C@H](C)C(=O)O)cc4O3)cc2CN2CCCC(C)(C)C2)c(F)cn1. The number of aromatic nitrogens is 1. The zero-order valence-corrected chi connectivity index (χ0v) is 25.7. The lowest BCUT2D eigenvalue weighted by Gasteiger charge is -2.38. The molecule has 1 saturated heterocycles. The third kappa shape index (κ3) is 6.42. The Morgan fingerprint density at radius 2 is 1.98 bits per heavy atom. The molecule has 1 saturated carbocycles. The number of aliphatic carboxylic acids is 1. The summed E-state index contributed by atoms with van der Waals surface area (Å²) in [6.07, 6.45) is 7.33. The van der Waals surface area contributed by atoms with Crippen molar-refractivity contribution in [3.05, 3.63) is 76.7 Å². The van der Waals surface area contributed by atoms with Crippen LogP contribution in [0.1, 0.15) is 87.2 Å². The number of methoxy groups -OCH3 is 1.